The summed E-state index contributed by atoms with van der Waals surface area (Å²) in [5.41, 5.74) is 4.30. The maximum Gasteiger partial charge on any atom is -0.0238 e. The molecule has 0 atom stereocenters. The first-order valence-electron chi connectivity index (χ1n) is 26.2. The summed E-state index contributed by atoms with van der Waals surface area (Å²) in [6.45, 7) is 8.94. The summed E-state index contributed by atoms with van der Waals surface area (Å²) in [4.78, 5) is 0. The quantitative estimate of drug-likeness (QED) is 0.0580. The van der Waals surface area contributed by atoms with Crippen LogP contribution >= 0.6 is 0 Å². The van der Waals surface area contributed by atoms with Crippen molar-refractivity contribution in [3.63, 3.8) is 0 Å². The highest BCUT2D eigenvalue weighted by Gasteiger charge is 2.02. The minimum Gasteiger partial charge on any atom is -0.0654 e. The first kappa shape index (κ1) is 52.2. The van der Waals surface area contributed by atoms with Crippen LogP contribution in [0.15, 0.2) is 18.2 Å². The van der Waals surface area contributed by atoms with Gasteiger partial charge in [0.1, 0.15) is 0 Å². The predicted octanol–water partition coefficient (Wildman–Crippen LogP) is 20.2. The molecule has 0 unspecified atom stereocenters. The molecule has 1 aromatic carbocycles. The van der Waals surface area contributed by atoms with Gasteiger partial charge in [-0.25, -0.2) is 0 Å². The van der Waals surface area contributed by atoms with Crippen LogP contribution in [-0.2, 0) is 12.8 Å². The van der Waals surface area contributed by atoms with Crippen LogP contribution in [0.25, 0.3) is 0 Å². The molecule has 0 spiro atoms. The fourth-order valence-corrected chi connectivity index (χ4v) is 9.00. The van der Waals surface area contributed by atoms with Gasteiger partial charge in [0, 0.05) is 0 Å². The Hall–Kier alpha value is -0.780. The molecule has 0 N–H and O–H groups in total. The van der Waals surface area contributed by atoms with E-state index in [1.165, 1.54) is 312 Å². The van der Waals surface area contributed by atoms with Gasteiger partial charge < -0.3 is 0 Å². The summed E-state index contributed by atoms with van der Waals surface area (Å²) < 4.78 is 0. The Morgan fingerprint density at radius 3 is 0.582 bits per heavy atom. The molecule has 0 heterocycles. The number of aryl methyl sites for hydroxylation is 2. The lowest BCUT2D eigenvalue weighted by Gasteiger charge is -2.09. The van der Waals surface area contributed by atoms with Crippen molar-refractivity contribution in [1.29, 1.82) is 0 Å². The Bertz CT molecular complexity index is 785. The van der Waals surface area contributed by atoms with Gasteiger partial charge in [0.2, 0.25) is 0 Å². The van der Waals surface area contributed by atoms with Gasteiger partial charge in [0.15, 0.2) is 0 Å². The molecule has 55 heavy (non-hydrogen) atoms. The van der Waals surface area contributed by atoms with E-state index < -0.39 is 0 Å². The van der Waals surface area contributed by atoms with Crippen molar-refractivity contribution in [2.75, 3.05) is 0 Å². The topological polar surface area (TPSA) is 0 Å². The van der Waals surface area contributed by atoms with Crippen molar-refractivity contribution in [2.45, 2.75) is 309 Å². The number of benzene rings is 1. The van der Waals surface area contributed by atoms with Crippen LogP contribution in [0.4, 0.5) is 0 Å². The zero-order valence-corrected chi connectivity index (χ0v) is 38.5. The van der Waals surface area contributed by atoms with Crippen molar-refractivity contribution in [1.82, 2.24) is 0 Å². The molecule has 0 nitrogen and oxygen atoms in total. The van der Waals surface area contributed by atoms with Gasteiger partial charge in [-0.1, -0.05) is 302 Å². The molecule has 0 aliphatic carbocycles. The van der Waals surface area contributed by atoms with Gasteiger partial charge in [-0.05, 0) is 49.3 Å². The SMILES string of the molecule is [CH2]c1cc(CCCCCCCCCCCCCCCCCCCCCCCC)cc(CCCCCCCCCCCCCCCCCCCCCCCC)c1. The second-order valence-corrected chi connectivity index (χ2v) is 18.5. The summed E-state index contributed by atoms with van der Waals surface area (Å²) in [6, 6.07) is 7.20. The largest absolute Gasteiger partial charge is 0.0654 e. The summed E-state index contributed by atoms with van der Waals surface area (Å²) in [5.74, 6) is 0. The number of unbranched alkanes of at least 4 members (excludes halogenated alkanes) is 42. The Morgan fingerprint density at radius 2 is 0.400 bits per heavy atom. The molecular weight excluding hydrogens is 661 g/mol. The molecule has 0 saturated heterocycles. The summed E-state index contributed by atoms with van der Waals surface area (Å²) >= 11 is 0. The molecule has 0 heteroatoms. The minimum absolute atomic E-state index is 1.23. The van der Waals surface area contributed by atoms with E-state index in [0.717, 1.165) is 0 Å². The van der Waals surface area contributed by atoms with Crippen molar-refractivity contribution < 1.29 is 0 Å². The number of hydrogen-bond donors (Lipinski definition) is 0. The zero-order chi connectivity index (χ0) is 39.4. The standard InChI is InChI=1S/C55H103/c1-4-6-8-10-12-14-16-18-20-22-24-26-28-30-32-34-36-38-40-42-44-46-48-54-50-53(3)51-55(52-54)49-47-45-43-41-39-37-35-33-31-29-27-25-23-21-19-17-15-13-11-9-7-5-2/h50-52H,3-49H2,1-2H3. The van der Waals surface area contributed by atoms with Crippen LogP contribution in [-0.4, -0.2) is 0 Å². The first-order valence-corrected chi connectivity index (χ1v) is 26.2. The van der Waals surface area contributed by atoms with E-state index >= 15 is 0 Å². The minimum atomic E-state index is 1.23. The molecule has 0 bridgehead atoms. The van der Waals surface area contributed by atoms with Crippen LogP contribution in [0.2, 0.25) is 0 Å². The Kier molecular flexibility index (Phi) is 42.1. The van der Waals surface area contributed by atoms with E-state index in [9.17, 15) is 0 Å². The van der Waals surface area contributed by atoms with E-state index in [1.54, 1.807) is 0 Å². The Balaban J connectivity index is 1.83. The lowest BCUT2D eigenvalue weighted by Crippen LogP contribution is -1.93. The Labute approximate surface area is 349 Å². The average molecular weight is 764 g/mol. The first-order chi connectivity index (χ1) is 27.3. The average Bonchev–Trinajstić information content (AvgIpc) is 3.18. The van der Waals surface area contributed by atoms with Crippen LogP contribution in [0, 0.1) is 6.92 Å². The van der Waals surface area contributed by atoms with Crippen molar-refractivity contribution in [2.24, 2.45) is 0 Å². The van der Waals surface area contributed by atoms with Crippen molar-refractivity contribution in [3.05, 3.63) is 41.8 Å². The molecule has 1 radical (unpaired) electrons. The maximum atomic E-state index is 4.32. The summed E-state index contributed by atoms with van der Waals surface area (Å²) in [6.07, 6.45) is 66.6. The van der Waals surface area contributed by atoms with Crippen LogP contribution in [0.1, 0.15) is 313 Å². The van der Waals surface area contributed by atoms with Gasteiger partial charge in [0.25, 0.3) is 0 Å². The van der Waals surface area contributed by atoms with E-state index in [0.29, 0.717) is 0 Å². The second kappa shape index (κ2) is 44.3. The van der Waals surface area contributed by atoms with Gasteiger partial charge in [-0.3, -0.25) is 0 Å². The lowest BCUT2D eigenvalue weighted by atomic mass is 9.97. The lowest BCUT2D eigenvalue weighted by molar-refractivity contribution is 0.519. The van der Waals surface area contributed by atoms with Crippen LogP contribution < -0.4 is 0 Å². The van der Waals surface area contributed by atoms with E-state index in [4.69, 9.17) is 0 Å². The van der Waals surface area contributed by atoms with Gasteiger partial charge in [-0.15, -0.1) is 0 Å². The molecule has 0 amide bonds. The molecule has 1 aromatic rings. The highest BCUT2D eigenvalue weighted by atomic mass is 14.1. The number of rotatable bonds is 46. The van der Waals surface area contributed by atoms with E-state index in [-0.39, 0.29) is 0 Å². The number of hydrogen-bond acceptors (Lipinski definition) is 0. The van der Waals surface area contributed by atoms with E-state index in [1.807, 2.05) is 0 Å². The highest BCUT2D eigenvalue weighted by molar-refractivity contribution is 5.32. The molecule has 0 saturated carbocycles. The predicted molar refractivity (Wildman–Crippen MR) is 253 cm³/mol. The highest BCUT2D eigenvalue weighted by Crippen LogP contribution is 2.20. The fourth-order valence-electron chi connectivity index (χ4n) is 9.00. The molecule has 0 fully saturated rings. The monoisotopic (exact) mass is 764 g/mol. The maximum absolute atomic E-state index is 4.32. The summed E-state index contributed by atoms with van der Waals surface area (Å²) in [7, 11) is 0. The third kappa shape index (κ3) is 39.8. The zero-order valence-electron chi connectivity index (χ0n) is 38.5. The molecule has 323 valence electrons. The van der Waals surface area contributed by atoms with Gasteiger partial charge >= 0.3 is 0 Å². The molecular formula is C55H103. The van der Waals surface area contributed by atoms with Gasteiger partial charge in [0.05, 0.1) is 0 Å². The summed E-state index contributed by atoms with van der Waals surface area (Å²) in [5, 5.41) is 0. The van der Waals surface area contributed by atoms with E-state index in [2.05, 4.69) is 39.0 Å². The van der Waals surface area contributed by atoms with Crippen LogP contribution in [0.5, 0.6) is 0 Å². The molecule has 0 aliphatic heterocycles. The van der Waals surface area contributed by atoms with Crippen molar-refractivity contribution in [3.8, 4) is 0 Å². The molecule has 1 rings (SSSR count). The molecule has 0 aromatic heterocycles. The van der Waals surface area contributed by atoms with Gasteiger partial charge in [-0.2, -0.15) is 0 Å². The fraction of sp³-hybridized carbons (Fsp3) is 0.873. The second-order valence-electron chi connectivity index (χ2n) is 18.5. The third-order valence-corrected chi connectivity index (χ3v) is 12.8. The normalized spacial score (nSPS) is 11.6. The van der Waals surface area contributed by atoms with Crippen LogP contribution in [0.3, 0.4) is 0 Å². The smallest absolute Gasteiger partial charge is 0.0238 e. The van der Waals surface area contributed by atoms with Crippen molar-refractivity contribution >= 4 is 0 Å². The molecule has 0 aliphatic rings. The third-order valence-electron chi connectivity index (χ3n) is 12.8. The Morgan fingerprint density at radius 1 is 0.236 bits per heavy atom.